The van der Waals surface area contributed by atoms with Crippen molar-refractivity contribution < 1.29 is 0 Å². The van der Waals surface area contributed by atoms with Gasteiger partial charge in [0.05, 0.1) is 17.3 Å². The second-order valence-electron chi connectivity index (χ2n) is 6.58. The van der Waals surface area contributed by atoms with Crippen LogP contribution in [0.5, 0.6) is 0 Å². The quantitative estimate of drug-likeness (QED) is 0.580. The third-order valence-corrected chi connectivity index (χ3v) is 4.81. The Balaban J connectivity index is 1.60. The Labute approximate surface area is 137 Å². The van der Waals surface area contributed by atoms with E-state index >= 15 is 0 Å². The molecule has 4 N–H and O–H groups in total. The van der Waals surface area contributed by atoms with Crippen molar-refractivity contribution in [3.8, 4) is 11.1 Å². The summed E-state index contributed by atoms with van der Waals surface area (Å²) in [6.07, 6.45) is 11.0. The average Bonchev–Trinajstić information content (AvgIpc) is 3.18. The fourth-order valence-electron chi connectivity index (χ4n) is 3.51. The summed E-state index contributed by atoms with van der Waals surface area (Å²) in [6.45, 7) is 0. The lowest BCUT2D eigenvalue weighted by atomic mass is 9.73. The van der Waals surface area contributed by atoms with Crippen molar-refractivity contribution in [3.05, 3.63) is 55.0 Å². The van der Waals surface area contributed by atoms with Crippen LogP contribution in [0.25, 0.3) is 22.3 Å². The monoisotopic (exact) mass is 319 g/mol. The Morgan fingerprint density at radius 1 is 1.12 bits per heavy atom. The molecule has 1 saturated carbocycles. The van der Waals surface area contributed by atoms with Crippen molar-refractivity contribution in [2.75, 3.05) is 0 Å². The van der Waals surface area contributed by atoms with E-state index in [2.05, 4.69) is 27.3 Å². The summed E-state index contributed by atoms with van der Waals surface area (Å²) >= 11 is 0. The van der Waals surface area contributed by atoms with E-state index in [1.807, 2.05) is 39.6 Å². The van der Waals surface area contributed by atoms with Crippen molar-refractivity contribution in [1.82, 2.24) is 24.0 Å². The minimum atomic E-state index is -0.492. The lowest BCUT2D eigenvalue weighted by Crippen LogP contribution is -2.56. The molecule has 4 heterocycles. The van der Waals surface area contributed by atoms with Crippen molar-refractivity contribution in [2.24, 2.45) is 11.5 Å². The van der Waals surface area contributed by atoms with Gasteiger partial charge in [-0.2, -0.15) is 5.10 Å². The van der Waals surface area contributed by atoms with E-state index < -0.39 is 5.54 Å². The Morgan fingerprint density at radius 2 is 2.00 bits per heavy atom. The Bertz CT molecular complexity index is 1060. The molecule has 0 unspecified atom stereocenters. The molecule has 120 valence electrons. The summed E-state index contributed by atoms with van der Waals surface area (Å²) in [4.78, 5) is 8.79. The highest BCUT2D eigenvalue weighted by atomic mass is 15.3. The highest BCUT2D eigenvalue weighted by Gasteiger charge is 2.43. The van der Waals surface area contributed by atoms with Crippen LogP contribution in [0.15, 0.2) is 49.2 Å². The molecule has 0 radical (unpaired) electrons. The first-order chi connectivity index (χ1) is 11.6. The van der Waals surface area contributed by atoms with E-state index in [1.54, 1.807) is 6.20 Å². The van der Waals surface area contributed by atoms with Crippen LogP contribution in [0, 0.1) is 0 Å². The summed E-state index contributed by atoms with van der Waals surface area (Å²) < 4.78 is 3.84. The molecule has 4 aromatic rings. The fourth-order valence-corrected chi connectivity index (χ4v) is 3.51. The Kier molecular flexibility index (Phi) is 2.63. The van der Waals surface area contributed by atoms with Gasteiger partial charge in [-0.3, -0.25) is 0 Å². The first kappa shape index (κ1) is 13.6. The average molecular weight is 319 g/mol. The van der Waals surface area contributed by atoms with Gasteiger partial charge in [0.25, 0.3) is 0 Å². The number of nitrogens with zero attached hydrogens (tertiary/aromatic N) is 5. The van der Waals surface area contributed by atoms with Gasteiger partial charge in [0.15, 0.2) is 5.82 Å². The lowest BCUT2D eigenvalue weighted by Gasteiger charge is -2.41. The fraction of sp³-hybridized carbons (Fsp3) is 0.235. The zero-order valence-electron chi connectivity index (χ0n) is 13.0. The normalized spacial score (nSPS) is 23.7. The molecule has 0 aromatic carbocycles. The molecule has 0 spiro atoms. The minimum absolute atomic E-state index is 0.149. The SMILES string of the molecule is NC1CC(N)(c2ncc3c(-c4ccc5nccn5c4)ccn3n2)C1. The van der Waals surface area contributed by atoms with Gasteiger partial charge >= 0.3 is 0 Å². The van der Waals surface area contributed by atoms with Gasteiger partial charge in [-0.25, -0.2) is 14.5 Å². The number of rotatable bonds is 2. The van der Waals surface area contributed by atoms with Gasteiger partial charge < -0.3 is 15.9 Å². The number of nitrogens with two attached hydrogens (primary N) is 2. The van der Waals surface area contributed by atoms with Crippen LogP contribution < -0.4 is 11.5 Å². The maximum atomic E-state index is 6.35. The van der Waals surface area contributed by atoms with Gasteiger partial charge in [-0.05, 0) is 31.0 Å². The molecule has 7 heteroatoms. The number of imidazole rings is 1. The van der Waals surface area contributed by atoms with Gasteiger partial charge in [0.1, 0.15) is 5.65 Å². The van der Waals surface area contributed by atoms with Crippen LogP contribution >= 0.6 is 0 Å². The summed E-state index contributed by atoms with van der Waals surface area (Å²) in [5.74, 6) is 0.656. The van der Waals surface area contributed by atoms with E-state index in [1.165, 1.54) is 0 Å². The molecule has 5 rings (SSSR count). The third kappa shape index (κ3) is 1.88. The second kappa shape index (κ2) is 4.62. The number of pyridine rings is 1. The predicted molar refractivity (Wildman–Crippen MR) is 90.2 cm³/mol. The molecular formula is C17H17N7. The van der Waals surface area contributed by atoms with Crippen molar-refractivity contribution >= 4 is 11.2 Å². The van der Waals surface area contributed by atoms with Crippen LogP contribution in [0.2, 0.25) is 0 Å². The third-order valence-electron chi connectivity index (χ3n) is 4.81. The second-order valence-corrected chi connectivity index (χ2v) is 6.58. The minimum Gasteiger partial charge on any atom is -0.328 e. The maximum absolute atomic E-state index is 6.35. The molecule has 0 amide bonds. The Hall–Kier alpha value is -2.77. The van der Waals surface area contributed by atoms with Gasteiger partial charge in [-0.15, -0.1) is 0 Å². The van der Waals surface area contributed by atoms with Crippen molar-refractivity contribution in [1.29, 1.82) is 0 Å². The maximum Gasteiger partial charge on any atom is 0.169 e. The van der Waals surface area contributed by atoms with Crippen LogP contribution in [0.3, 0.4) is 0 Å². The van der Waals surface area contributed by atoms with E-state index in [-0.39, 0.29) is 6.04 Å². The summed E-state index contributed by atoms with van der Waals surface area (Å²) in [7, 11) is 0. The number of hydrogen-bond acceptors (Lipinski definition) is 5. The van der Waals surface area contributed by atoms with Crippen LogP contribution in [-0.2, 0) is 5.54 Å². The molecule has 24 heavy (non-hydrogen) atoms. The van der Waals surface area contributed by atoms with Gasteiger partial charge in [0.2, 0.25) is 0 Å². The van der Waals surface area contributed by atoms with Gasteiger partial charge in [-0.1, -0.05) is 0 Å². The number of hydrogen-bond donors (Lipinski definition) is 2. The summed E-state index contributed by atoms with van der Waals surface area (Å²) in [6, 6.07) is 6.25. The standard InChI is InChI=1S/C17H17N7/c18-12-7-17(19,8-12)16-21-9-14-13(3-5-24(14)22-16)11-1-2-15-20-4-6-23(15)10-11/h1-6,9-10,12H,7-8,18-19H2. The zero-order chi connectivity index (χ0) is 16.3. The van der Waals surface area contributed by atoms with E-state index in [4.69, 9.17) is 11.5 Å². The molecule has 1 aliphatic rings. The molecule has 0 atom stereocenters. The number of aromatic nitrogens is 5. The van der Waals surface area contributed by atoms with Crippen LogP contribution in [0.4, 0.5) is 0 Å². The van der Waals surface area contributed by atoms with Crippen LogP contribution in [0.1, 0.15) is 18.7 Å². The largest absolute Gasteiger partial charge is 0.328 e. The molecular weight excluding hydrogens is 302 g/mol. The summed E-state index contributed by atoms with van der Waals surface area (Å²) in [5.41, 5.74) is 15.8. The molecule has 1 aliphatic carbocycles. The van der Waals surface area contributed by atoms with Crippen molar-refractivity contribution in [3.63, 3.8) is 0 Å². The molecule has 7 nitrogen and oxygen atoms in total. The van der Waals surface area contributed by atoms with E-state index in [0.29, 0.717) is 5.82 Å². The molecule has 1 fully saturated rings. The highest BCUT2D eigenvalue weighted by molar-refractivity contribution is 5.80. The molecule has 0 saturated heterocycles. The molecule has 4 aromatic heterocycles. The first-order valence-electron chi connectivity index (χ1n) is 7.95. The zero-order valence-corrected chi connectivity index (χ0v) is 13.0. The van der Waals surface area contributed by atoms with Gasteiger partial charge in [0, 0.05) is 42.0 Å². The highest BCUT2D eigenvalue weighted by Crippen LogP contribution is 2.36. The first-order valence-corrected chi connectivity index (χ1v) is 7.95. The van der Waals surface area contributed by atoms with Crippen LogP contribution in [-0.4, -0.2) is 30.0 Å². The molecule has 0 aliphatic heterocycles. The van der Waals surface area contributed by atoms with E-state index in [9.17, 15) is 0 Å². The Morgan fingerprint density at radius 3 is 2.83 bits per heavy atom. The molecule has 0 bridgehead atoms. The number of fused-ring (bicyclic) bond motifs is 2. The van der Waals surface area contributed by atoms with E-state index in [0.717, 1.165) is 35.1 Å². The summed E-state index contributed by atoms with van der Waals surface area (Å²) in [5, 5.41) is 4.61. The van der Waals surface area contributed by atoms with Crippen molar-refractivity contribution in [2.45, 2.75) is 24.4 Å². The smallest absolute Gasteiger partial charge is 0.169 e. The lowest BCUT2D eigenvalue weighted by molar-refractivity contribution is 0.196. The predicted octanol–water partition coefficient (Wildman–Crippen LogP) is 1.32. The topological polar surface area (TPSA) is 99.5 Å².